The van der Waals surface area contributed by atoms with Gasteiger partial charge in [0.15, 0.2) is 0 Å². The molecule has 0 saturated carbocycles. The van der Waals surface area contributed by atoms with E-state index in [-0.39, 0.29) is 35.5 Å². The zero-order valence-electron chi connectivity index (χ0n) is 20.5. The number of piperazine rings is 1. The lowest BCUT2D eigenvalue weighted by molar-refractivity contribution is -0.122. The van der Waals surface area contributed by atoms with Crippen LogP contribution in [0.5, 0.6) is 0 Å². The largest absolute Gasteiger partial charge is 0.450 e. The molecule has 0 radical (unpaired) electrons. The van der Waals surface area contributed by atoms with Gasteiger partial charge in [0.1, 0.15) is 21.6 Å². The number of carbonyl (C=O) groups excluding carboxylic acids is 2. The summed E-state index contributed by atoms with van der Waals surface area (Å²) < 4.78 is 20.2. The van der Waals surface area contributed by atoms with Crippen molar-refractivity contribution in [2.24, 2.45) is 0 Å². The van der Waals surface area contributed by atoms with Gasteiger partial charge in [-0.15, -0.1) is 0 Å². The number of rotatable bonds is 5. The van der Waals surface area contributed by atoms with Crippen molar-refractivity contribution < 1.29 is 18.7 Å². The minimum absolute atomic E-state index is 0.194. The topological polar surface area (TPSA) is 87.5 Å². The maximum absolute atomic E-state index is 13.6. The molecule has 9 nitrogen and oxygen atoms in total. The summed E-state index contributed by atoms with van der Waals surface area (Å²) in [5.74, 6) is -0.257. The zero-order chi connectivity index (χ0) is 26.8. The molecule has 4 heterocycles. The molecule has 12 heteroatoms. The van der Waals surface area contributed by atoms with E-state index < -0.39 is 0 Å². The van der Waals surface area contributed by atoms with Crippen LogP contribution in [0.15, 0.2) is 58.4 Å². The van der Waals surface area contributed by atoms with Crippen molar-refractivity contribution in [1.82, 2.24) is 19.2 Å². The van der Waals surface area contributed by atoms with Gasteiger partial charge in [0.05, 0.1) is 23.6 Å². The molecule has 0 N–H and O–H groups in total. The number of thiocarbonyl (C=S) groups is 1. The number of nitrogens with zero attached hydrogens (tertiary/aromatic N) is 5. The molecule has 0 aliphatic carbocycles. The van der Waals surface area contributed by atoms with Gasteiger partial charge in [-0.1, -0.05) is 42.2 Å². The van der Waals surface area contributed by atoms with E-state index in [1.165, 1.54) is 21.4 Å². The second-order valence-electron chi connectivity index (χ2n) is 8.65. The number of halogens is 1. The standard InChI is InChI=1S/C26H24FN5O4S2/c1-2-36-25(35)30-13-11-29(12-14-30)22-19(23(33)31-10-4-3-5-21(31)28-22)15-20-24(34)32(26(37)38-20)16-17-6-8-18(27)9-7-17/h3-10,15H,2,11-14,16H2,1H3/b20-15-. The number of fused-ring (bicyclic) bond motifs is 1. The van der Waals surface area contributed by atoms with Crippen LogP contribution in [0.25, 0.3) is 11.7 Å². The predicted molar refractivity (Wildman–Crippen MR) is 147 cm³/mol. The third kappa shape index (κ3) is 5.14. The summed E-state index contributed by atoms with van der Waals surface area (Å²) in [4.78, 5) is 49.1. The first-order valence-electron chi connectivity index (χ1n) is 12.0. The number of hydrogen-bond donors (Lipinski definition) is 0. The van der Waals surface area contributed by atoms with E-state index in [0.29, 0.717) is 53.5 Å². The normalized spacial score (nSPS) is 17.1. The first-order chi connectivity index (χ1) is 18.4. The smallest absolute Gasteiger partial charge is 0.409 e. The van der Waals surface area contributed by atoms with Crippen molar-refractivity contribution in [1.29, 1.82) is 0 Å². The molecule has 2 aromatic heterocycles. The molecule has 2 fully saturated rings. The number of hydrogen-bond acceptors (Lipinski definition) is 8. The molecular weight excluding hydrogens is 529 g/mol. The summed E-state index contributed by atoms with van der Waals surface area (Å²) in [7, 11) is 0. The lowest BCUT2D eigenvalue weighted by Gasteiger charge is -2.35. The molecule has 0 atom stereocenters. The fraction of sp³-hybridized carbons (Fsp3) is 0.269. The summed E-state index contributed by atoms with van der Waals surface area (Å²) in [6.45, 7) is 3.96. The van der Waals surface area contributed by atoms with E-state index in [4.69, 9.17) is 21.9 Å². The minimum atomic E-state index is -0.372. The number of carbonyl (C=O) groups is 2. The summed E-state index contributed by atoms with van der Waals surface area (Å²) in [6, 6.07) is 11.1. The second-order valence-corrected chi connectivity index (χ2v) is 10.3. The van der Waals surface area contributed by atoms with Crippen molar-refractivity contribution in [3.8, 4) is 0 Å². The van der Waals surface area contributed by atoms with E-state index in [9.17, 15) is 18.8 Å². The Morgan fingerprint density at radius 2 is 1.87 bits per heavy atom. The Balaban J connectivity index is 1.48. The van der Waals surface area contributed by atoms with Crippen LogP contribution in [-0.2, 0) is 16.1 Å². The summed E-state index contributed by atoms with van der Waals surface area (Å²) in [5.41, 5.74) is 1.15. The summed E-state index contributed by atoms with van der Waals surface area (Å²) in [6.07, 6.45) is 2.81. The molecule has 5 rings (SSSR count). The van der Waals surface area contributed by atoms with Crippen LogP contribution in [0.4, 0.5) is 15.0 Å². The molecule has 196 valence electrons. The Hall–Kier alpha value is -3.77. The lowest BCUT2D eigenvalue weighted by Crippen LogP contribution is -2.49. The maximum atomic E-state index is 13.6. The number of ether oxygens (including phenoxy) is 1. The van der Waals surface area contributed by atoms with E-state index in [2.05, 4.69) is 0 Å². The van der Waals surface area contributed by atoms with Gasteiger partial charge in [-0.05, 0) is 42.8 Å². The summed E-state index contributed by atoms with van der Waals surface area (Å²) in [5, 5.41) is 0. The minimum Gasteiger partial charge on any atom is -0.450 e. The maximum Gasteiger partial charge on any atom is 0.409 e. The Labute approximate surface area is 227 Å². The zero-order valence-corrected chi connectivity index (χ0v) is 22.1. The molecule has 3 aromatic rings. The molecule has 0 bridgehead atoms. The van der Waals surface area contributed by atoms with E-state index >= 15 is 0 Å². The number of benzene rings is 1. The Morgan fingerprint density at radius 1 is 1.13 bits per heavy atom. The molecule has 2 saturated heterocycles. The van der Waals surface area contributed by atoms with Crippen molar-refractivity contribution in [3.63, 3.8) is 0 Å². The highest BCUT2D eigenvalue weighted by atomic mass is 32.2. The molecule has 2 aliphatic rings. The van der Waals surface area contributed by atoms with Crippen LogP contribution >= 0.6 is 24.0 Å². The van der Waals surface area contributed by atoms with Gasteiger partial charge < -0.3 is 14.5 Å². The second kappa shape index (κ2) is 10.9. The fourth-order valence-corrected chi connectivity index (χ4v) is 5.55. The van der Waals surface area contributed by atoms with Gasteiger partial charge >= 0.3 is 6.09 Å². The number of amides is 2. The first-order valence-corrected chi connectivity index (χ1v) is 13.3. The van der Waals surface area contributed by atoms with Gasteiger partial charge in [0.25, 0.3) is 11.5 Å². The van der Waals surface area contributed by atoms with Gasteiger partial charge in [0, 0.05) is 32.4 Å². The van der Waals surface area contributed by atoms with E-state index in [1.807, 2.05) is 4.90 Å². The van der Waals surface area contributed by atoms with Gasteiger partial charge in [-0.3, -0.25) is 18.9 Å². The highest BCUT2D eigenvalue weighted by Gasteiger charge is 2.33. The van der Waals surface area contributed by atoms with Crippen molar-refractivity contribution in [2.75, 3.05) is 37.7 Å². The van der Waals surface area contributed by atoms with Crippen LogP contribution in [0.2, 0.25) is 0 Å². The molecular formula is C26H24FN5O4S2. The molecule has 0 spiro atoms. The summed E-state index contributed by atoms with van der Waals surface area (Å²) >= 11 is 6.57. The third-order valence-electron chi connectivity index (χ3n) is 6.26. The lowest BCUT2D eigenvalue weighted by atomic mass is 10.2. The number of aromatic nitrogens is 2. The molecule has 1 aromatic carbocycles. The number of thioether (sulfide) groups is 1. The van der Waals surface area contributed by atoms with Crippen LogP contribution in [0.1, 0.15) is 18.1 Å². The highest BCUT2D eigenvalue weighted by Crippen LogP contribution is 2.34. The van der Waals surface area contributed by atoms with Crippen molar-refractivity contribution in [2.45, 2.75) is 13.5 Å². The van der Waals surface area contributed by atoms with Crippen LogP contribution in [-0.4, -0.2) is 68.3 Å². The highest BCUT2D eigenvalue weighted by molar-refractivity contribution is 8.26. The van der Waals surface area contributed by atoms with Crippen LogP contribution in [0, 0.1) is 5.82 Å². The van der Waals surface area contributed by atoms with Gasteiger partial charge in [-0.25, -0.2) is 14.2 Å². The molecule has 2 aliphatic heterocycles. The molecule has 38 heavy (non-hydrogen) atoms. The SMILES string of the molecule is CCOC(=O)N1CCN(c2nc3ccccn3c(=O)c2/C=C2\SC(=S)N(Cc3ccc(F)cc3)C2=O)CC1. The van der Waals surface area contributed by atoms with Gasteiger partial charge in [-0.2, -0.15) is 0 Å². The predicted octanol–water partition coefficient (Wildman–Crippen LogP) is 3.51. The quantitative estimate of drug-likeness (QED) is 0.351. The first kappa shape index (κ1) is 25.9. The third-order valence-corrected chi connectivity index (χ3v) is 7.63. The van der Waals surface area contributed by atoms with Crippen LogP contribution < -0.4 is 10.5 Å². The number of pyridine rings is 1. The average Bonchev–Trinajstić information content (AvgIpc) is 3.19. The van der Waals surface area contributed by atoms with Gasteiger partial charge in [0.2, 0.25) is 0 Å². The Morgan fingerprint density at radius 3 is 2.58 bits per heavy atom. The average molecular weight is 554 g/mol. The number of anilines is 1. The van der Waals surface area contributed by atoms with Crippen molar-refractivity contribution >= 4 is 57.8 Å². The molecule has 2 amide bonds. The van der Waals surface area contributed by atoms with Crippen LogP contribution in [0.3, 0.4) is 0 Å². The van der Waals surface area contributed by atoms with E-state index in [1.54, 1.807) is 54.4 Å². The van der Waals surface area contributed by atoms with Crippen molar-refractivity contribution in [3.05, 3.63) is 80.9 Å². The Bertz CT molecular complexity index is 1500. The monoisotopic (exact) mass is 553 g/mol. The molecule has 0 unspecified atom stereocenters. The fourth-order valence-electron chi connectivity index (χ4n) is 4.31. The van der Waals surface area contributed by atoms with E-state index in [0.717, 1.165) is 17.3 Å². The Kier molecular flexibility index (Phi) is 7.43.